The minimum absolute atomic E-state index is 0.0134. The first kappa shape index (κ1) is 18.7. The molecule has 0 atom stereocenters. The molecule has 2 N–H and O–H groups in total. The molecule has 0 saturated heterocycles. The van der Waals surface area contributed by atoms with Crippen LogP contribution in [0.3, 0.4) is 0 Å². The quantitative estimate of drug-likeness (QED) is 0.790. The molecule has 0 aliphatic carbocycles. The van der Waals surface area contributed by atoms with Crippen molar-refractivity contribution in [1.82, 2.24) is 9.62 Å². The molecule has 1 amide bonds. The summed E-state index contributed by atoms with van der Waals surface area (Å²) < 4.78 is 26.5. The molecule has 0 saturated carbocycles. The number of amides is 1. The molecule has 0 radical (unpaired) electrons. The summed E-state index contributed by atoms with van der Waals surface area (Å²) in [5.74, 6) is -1.68. The molecule has 7 nitrogen and oxygen atoms in total. The van der Waals surface area contributed by atoms with Crippen LogP contribution in [-0.4, -0.2) is 43.4 Å². The number of carbonyl (C=O) groups is 2. The van der Waals surface area contributed by atoms with E-state index in [0.717, 1.165) is 0 Å². The third-order valence-electron chi connectivity index (χ3n) is 3.52. The molecule has 0 fully saturated rings. The normalized spacial score (nSPS) is 14.8. The second-order valence-electron chi connectivity index (χ2n) is 6.07. The Morgan fingerprint density at radius 2 is 1.84 bits per heavy atom. The van der Waals surface area contributed by atoms with Crippen LogP contribution in [0.2, 0.25) is 0 Å². The molecule has 1 heterocycles. The van der Waals surface area contributed by atoms with Gasteiger partial charge in [0.1, 0.15) is 5.70 Å². The molecular formula is C17H20N2O5S. The Hall–Kier alpha value is -2.61. The van der Waals surface area contributed by atoms with E-state index < -0.39 is 21.9 Å². The summed E-state index contributed by atoms with van der Waals surface area (Å²) in [5.41, 5.74) is 0.265. The number of allylic oxidation sites excluding steroid dienone is 2. The first-order valence-corrected chi connectivity index (χ1v) is 9.20. The zero-order valence-corrected chi connectivity index (χ0v) is 14.8. The number of nitrogens with one attached hydrogen (secondary N) is 1. The van der Waals surface area contributed by atoms with E-state index in [-0.39, 0.29) is 28.6 Å². The Morgan fingerprint density at radius 3 is 2.40 bits per heavy atom. The number of carboxylic acids is 1. The summed E-state index contributed by atoms with van der Waals surface area (Å²) in [6.07, 6.45) is 2.66. The van der Waals surface area contributed by atoms with Gasteiger partial charge >= 0.3 is 5.97 Å². The fourth-order valence-corrected chi connectivity index (χ4v) is 3.44. The van der Waals surface area contributed by atoms with Gasteiger partial charge in [0.15, 0.2) is 0 Å². The largest absolute Gasteiger partial charge is 0.477 e. The number of nitrogens with zero attached hydrogens (tertiary/aromatic N) is 1. The van der Waals surface area contributed by atoms with Crippen molar-refractivity contribution < 1.29 is 23.1 Å². The van der Waals surface area contributed by atoms with Gasteiger partial charge in [-0.15, -0.1) is 0 Å². The SMILES string of the molecule is CC(C)CN1CC(C(=O)NS(=O)(=O)c2ccccc2)=CC=C1C(=O)O. The van der Waals surface area contributed by atoms with Gasteiger partial charge in [-0.1, -0.05) is 32.0 Å². The van der Waals surface area contributed by atoms with Crippen LogP contribution >= 0.6 is 0 Å². The Bertz CT molecular complexity index is 826. The number of carbonyl (C=O) groups excluding carboxylic acids is 1. The number of aliphatic carboxylic acids is 1. The first-order valence-electron chi connectivity index (χ1n) is 7.72. The Balaban J connectivity index is 2.20. The number of carboxylic acid groups (broad SMARTS) is 1. The molecular weight excluding hydrogens is 344 g/mol. The summed E-state index contributed by atoms with van der Waals surface area (Å²) in [6, 6.07) is 7.57. The van der Waals surface area contributed by atoms with Crippen LogP contribution in [0.5, 0.6) is 0 Å². The van der Waals surface area contributed by atoms with Gasteiger partial charge in [-0.05, 0) is 30.2 Å². The molecule has 0 unspecified atom stereocenters. The number of benzene rings is 1. The monoisotopic (exact) mass is 364 g/mol. The average Bonchev–Trinajstić information content (AvgIpc) is 2.54. The molecule has 25 heavy (non-hydrogen) atoms. The van der Waals surface area contributed by atoms with Gasteiger partial charge in [-0.2, -0.15) is 0 Å². The standard InChI is InChI=1S/C17H20N2O5S/c1-12(2)10-19-11-13(8-9-15(19)17(21)22)16(20)18-25(23,24)14-6-4-3-5-7-14/h3-9,12H,10-11H2,1-2H3,(H,18,20)(H,21,22). The van der Waals surface area contributed by atoms with Crippen molar-refractivity contribution >= 4 is 21.9 Å². The summed E-state index contributed by atoms with van der Waals surface area (Å²) >= 11 is 0. The minimum Gasteiger partial charge on any atom is -0.477 e. The number of rotatable bonds is 6. The Morgan fingerprint density at radius 1 is 1.20 bits per heavy atom. The predicted molar refractivity (Wildman–Crippen MR) is 92.0 cm³/mol. The van der Waals surface area contributed by atoms with Crippen LogP contribution in [0, 0.1) is 5.92 Å². The van der Waals surface area contributed by atoms with Crippen molar-refractivity contribution in [2.75, 3.05) is 13.1 Å². The van der Waals surface area contributed by atoms with E-state index >= 15 is 0 Å². The van der Waals surface area contributed by atoms with E-state index in [1.807, 2.05) is 18.6 Å². The summed E-state index contributed by atoms with van der Waals surface area (Å²) in [7, 11) is -3.98. The highest BCUT2D eigenvalue weighted by molar-refractivity contribution is 7.90. The molecule has 1 aliphatic heterocycles. The van der Waals surface area contributed by atoms with Crippen molar-refractivity contribution in [1.29, 1.82) is 0 Å². The molecule has 1 aliphatic rings. The molecule has 0 aromatic heterocycles. The molecule has 0 bridgehead atoms. The number of hydrogen-bond acceptors (Lipinski definition) is 5. The predicted octanol–water partition coefficient (Wildman–Crippen LogP) is 1.36. The lowest BCUT2D eigenvalue weighted by molar-refractivity contribution is -0.134. The molecule has 0 spiro atoms. The smallest absolute Gasteiger partial charge is 0.352 e. The van der Waals surface area contributed by atoms with Gasteiger partial charge in [0.25, 0.3) is 15.9 Å². The van der Waals surface area contributed by atoms with Gasteiger partial charge < -0.3 is 10.0 Å². The fraction of sp³-hybridized carbons (Fsp3) is 0.294. The van der Waals surface area contributed by atoms with E-state index in [1.54, 1.807) is 23.1 Å². The molecule has 8 heteroatoms. The maximum atomic E-state index is 12.3. The second-order valence-corrected chi connectivity index (χ2v) is 7.75. The van der Waals surface area contributed by atoms with E-state index in [9.17, 15) is 23.1 Å². The van der Waals surface area contributed by atoms with Gasteiger partial charge in [0, 0.05) is 18.7 Å². The number of sulfonamides is 1. The summed E-state index contributed by atoms with van der Waals surface area (Å²) in [6.45, 7) is 4.33. The van der Waals surface area contributed by atoms with Crippen molar-refractivity contribution in [2.24, 2.45) is 5.92 Å². The van der Waals surface area contributed by atoms with Crippen LogP contribution in [0.4, 0.5) is 0 Å². The topological polar surface area (TPSA) is 104 Å². The highest BCUT2D eigenvalue weighted by Gasteiger charge is 2.26. The third kappa shape index (κ3) is 4.69. The van der Waals surface area contributed by atoms with Gasteiger partial charge in [-0.25, -0.2) is 17.9 Å². The van der Waals surface area contributed by atoms with Crippen LogP contribution in [-0.2, 0) is 19.6 Å². The highest BCUT2D eigenvalue weighted by Crippen LogP contribution is 2.18. The van der Waals surface area contributed by atoms with Crippen molar-refractivity contribution in [3.8, 4) is 0 Å². The van der Waals surface area contributed by atoms with E-state index in [1.165, 1.54) is 24.3 Å². The zero-order chi connectivity index (χ0) is 18.6. The molecule has 2 rings (SSSR count). The van der Waals surface area contributed by atoms with Crippen LogP contribution < -0.4 is 4.72 Å². The number of hydrogen-bond donors (Lipinski definition) is 2. The second kappa shape index (κ2) is 7.52. The van der Waals surface area contributed by atoms with Gasteiger partial charge in [0.2, 0.25) is 0 Å². The summed E-state index contributed by atoms with van der Waals surface area (Å²) in [4.78, 5) is 25.2. The molecule has 134 valence electrons. The van der Waals surface area contributed by atoms with Crippen molar-refractivity contribution in [3.63, 3.8) is 0 Å². The lowest BCUT2D eigenvalue weighted by atomic mass is 10.1. The average molecular weight is 364 g/mol. The van der Waals surface area contributed by atoms with Gasteiger partial charge in [0.05, 0.1) is 4.90 Å². The van der Waals surface area contributed by atoms with Crippen molar-refractivity contribution in [3.05, 3.63) is 53.8 Å². The van der Waals surface area contributed by atoms with Crippen LogP contribution in [0.1, 0.15) is 13.8 Å². The lowest BCUT2D eigenvalue weighted by Gasteiger charge is -2.29. The maximum Gasteiger partial charge on any atom is 0.352 e. The van der Waals surface area contributed by atoms with E-state index in [0.29, 0.717) is 6.54 Å². The van der Waals surface area contributed by atoms with Crippen molar-refractivity contribution in [2.45, 2.75) is 18.7 Å². The first-order chi connectivity index (χ1) is 11.7. The molecule has 1 aromatic rings. The van der Waals surface area contributed by atoms with Crippen LogP contribution in [0.15, 0.2) is 58.6 Å². The Kier molecular flexibility index (Phi) is 5.63. The maximum absolute atomic E-state index is 12.3. The fourth-order valence-electron chi connectivity index (χ4n) is 2.43. The summed E-state index contributed by atoms with van der Waals surface area (Å²) in [5, 5.41) is 9.25. The lowest BCUT2D eigenvalue weighted by Crippen LogP contribution is -2.40. The third-order valence-corrected chi connectivity index (χ3v) is 4.87. The molecule has 1 aromatic carbocycles. The van der Waals surface area contributed by atoms with E-state index in [2.05, 4.69) is 0 Å². The highest BCUT2D eigenvalue weighted by atomic mass is 32.2. The van der Waals surface area contributed by atoms with Gasteiger partial charge in [-0.3, -0.25) is 4.79 Å². The zero-order valence-electron chi connectivity index (χ0n) is 14.0. The minimum atomic E-state index is -3.98. The Labute approximate surface area is 146 Å². The van der Waals surface area contributed by atoms with E-state index in [4.69, 9.17) is 0 Å². The van der Waals surface area contributed by atoms with Crippen LogP contribution in [0.25, 0.3) is 0 Å².